The third kappa shape index (κ3) is 3.08. The van der Waals surface area contributed by atoms with Gasteiger partial charge in [0.1, 0.15) is 0 Å². The average Bonchev–Trinajstić information content (AvgIpc) is 3.36. The van der Waals surface area contributed by atoms with Crippen molar-refractivity contribution in [3.05, 3.63) is 94.0 Å². The molecule has 0 saturated heterocycles. The number of aromatic nitrogens is 1. The molecule has 2 heterocycles. The molecular weight excluding hydrogens is 368 g/mol. The second-order valence-electron chi connectivity index (χ2n) is 7.01. The molecule has 0 radical (unpaired) electrons. The summed E-state index contributed by atoms with van der Waals surface area (Å²) in [5.74, 6) is 0.846. The van der Waals surface area contributed by atoms with Crippen molar-refractivity contribution in [2.45, 2.75) is 5.92 Å². The largest absolute Gasteiger partial charge is 0.454 e. The van der Waals surface area contributed by atoms with Gasteiger partial charge in [0.05, 0.1) is 11.6 Å². The van der Waals surface area contributed by atoms with Gasteiger partial charge in [0.25, 0.3) is 0 Å². The summed E-state index contributed by atoms with van der Waals surface area (Å²) in [6, 6.07) is 23.4. The highest BCUT2D eigenvalue weighted by Crippen LogP contribution is 2.42. The van der Waals surface area contributed by atoms with Crippen LogP contribution in [0.5, 0.6) is 11.5 Å². The Morgan fingerprint density at radius 1 is 0.966 bits per heavy atom. The Hall–Kier alpha value is -3.80. The van der Waals surface area contributed by atoms with Crippen LogP contribution < -0.4 is 9.47 Å². The van der Waals surface area contributed by atoms with Crippen molar-refractivity contribution in [1.29, 1.82) is 0 Å². The maximum Gasteiger partial charge on any atom is 0.231 e. The third-order valence-electron chi connectivity index (χ3n) is 5.29. The summed E-state index contributed by atoms with van der Waals surface area (Å²) < 4.78 is 10.9. The Morgan fingerprint density at radius 2 is 1.72 bits per heavy atom. The first-order valence-corrected chi connectivity index (χ1v) is 9.38. The number of hydrogen-bond donors (Lipinski definition) is 1. The van der Waals surface area contributed by atoms with Crippen LogP contribution in [0, 0.1) is 10.1 Å². The molecule has 0 bridgehead atoms. The second-order valence-corrected chi connectivity index (χ2v) is 7.01. The Kier molecular flexibility index (Phi) is 4.17. The number of aromatic amines is 1. The highest BCUT2D eigenvalue weighted by atomic mass is 16.7. The smallest absolute Gasteiger partial charge is 0.231 e. The fourth-order valence-electron chi connectivity index (χ4n) is 4.00. The van der Waals surface area contributed by atoms with E-state index in [0.717, 1.165) is 33.3 Å². The van der Waals surface area contributed by atoms with Crippen LogP contribution in [0.1, 0.15) is 17.0 Å². The van der Waals surface area contributed by atoms with Gasteiger partial charge in [-0.05, 0) is 34.9 Å². The molecule has 6 nitrogen and oxygen atoms in total. The molecule has 144 valence electrons. The molecule has 1 aliphatic heterocycles. The van der Waals surface area contributed by atoms with Crippen molar-refractivity contribution in [1.82, 2.24) is 4.98 Å². The van der Waals surface area contributed by atoms with E-state index in [1.807, 2.05) is 72.8 Å². The van der Waals surface area contributed by atoms with Crippen LogP contribution in [0.15, 0.2) is 72.8 Å². The lowest BCUT2D eigenvalue weighted by atomic mass is 9.87. The van der Waals surface area contributed by atoms with Crippen LogP contribution in [-0.2, 0) is 0 Å². The van der Waals surface area contributed by atoms with E-state index in [9.17, 15) is 10.1 Å². The normalized spacial score (nSPS) is 13.5. The zero-order valence-corrected chi connectivity index (χ0v) is 15.5. The van der Waals surface area contributed by atoms with E-state index in [1.54, 1.807) is 0 Å². The van der Waals surface area contributed by atoms with Crippen LogP contribution >= 0.6 is 0 Å². The predicted octanol–water partition coefficient (Wildman–Crippen LogP) is 4.97. The lowest BCUT2D eigenvalue weighted by Crippen LogP contribution is -2.14. The Labute approximate surface area is 166 Å². The van der Waals surface area contributed by atoms with Crippen molar-refractivity contribution >= 4 is 10.9 Å². The summed E-state index contributed by atoms with van der Waals surface area (Å²) in [6.45, 7) is -0.0532. The van der Waals surface area contributed by atoms with Crippen LogP contribution in [0.25, 0.3) is 22.2 Å². The summed E-state index contributed by atoms with van der Waals surface area (Å²) in [5.41, 5.74) is 4.59. The van der Waals surface area contributed by atoms with E-state index in [2.05, 4.69) is 4.98 Å². The minimum Gasteiger partial charge on any atom is -0.454 e. The van der Waals surface area contributed by atoms with Crippen molar-refractivity contribution < 1.29 is 14.4 Å². The molecule has 29 heavy (non-hydrogen) atoms. The van der Waals surface area contributed by atoms with Gasteiger partial charge in [-0.3, -0.25) is 10.1 Å². The zero-order chi connectivity index (χ0) is 19.8. The number of benzene rings is 3. The van der Waals surface area contributed by atoms with Gasteiger partial charge < -0.3 is 14.5 Å². The molecule has 0 saturated carbocycles. The van der Waals surface area contributed by atoms with Gasteiger partial charge in [-0.1, -0.05) is 54.6 Å². The number of nitro groups is 1. The van der Waals surface area contributed by atoms with E-state index in [0.29, 0.717) is 11.5 Å². The number of ether oxygens (including phenoxy) is 2. The highest BCUT2D eigenvalue weighted by Gasteiger charge is 2.29. The molecule has 1 N–H and O–H groups in total. The number of hydrogen-bond acceptors (Lipinski definition) is 4. The number of fused-ring (bicyclic) bond motifs is 2. The minimum absolute atomic E-state index is 0.168. The fraction of sp³-hybridized carbons (Fsp3) is 0.130. The molecular formula is C23H18N2O4. The third-order valence-corrected chi connectivity index (χ3v) is 5.29. The summed E-state index contributed by atoms with van der Waals surface area (Å²) >= 11 is 0. The Bertz CT molecular complexity index is 1200. The predicted molar refractivity (Wildman–Crippen MR) is 110 cm³/mol. The van der Waals surface area contributed by atoms with Crippen molar-refractivity contribution in [2.75, 3.05) is 13.3 Å². The van der Waals surface area contributed by atoms with Gasteiger partial charge in [0.15, 0.2) is 11.5 Å². The molecule has 1 aromatic heterocycles. The van der Waals surface area contributed by atoms with E-state index in [4.69, 9.17) is 9.47 Å². The monoisotopic (exact) mass is 386 g/mol. The number of para-hydroxylation sites is 1. The average molecular weight is 386 g/mol. The first-order valence-electron chi connectivity index (χ1n) is 9.38. The summed E-state index contributed by atoms with van der Waals surface area (Å²) in [4.78, 5) is 14.9. The zero-order valence-electron chi connectivity index (χ0n) is 15.5. The summed E-state index contributed by atoms with van der Waals surface area (Å²) in [7, 11) is 0. The molecule has 0 amide bonds. The highest BCUT2D eigenvalue weighted by molar-refractivity contribution is 5.92. The molecule has 0 unspecified atom stereocenters. The van der Waals surface area contributed by atoms with E-state index >= 15 is 0 Å². The van der Waals surface area contributed by atoms with Gasteiger partial charge in [-0.15, -0.1) is 0 Å². The SMILES string of the molecule is O=[N+]([O-])C[C@@H](c1ccc2c(c1)OCO2)c1c(-c2ccccc2)[nH]c2ccccc12. The topological polar surface area (TPSA) is 77.4 Å². The summed E-state index contributed by atoms with van der Waals surface area (Å²) in [6.07, 6.45) is 0. The molecule has 6 heteroatoms. The maximum atomic E-state index is 11.6. The standard InChI is InChI=1S/C23H18N2O4/c26-25(27)13-18(16-10-11-20-21(12-16)29-14-28-20)22-17-8-4-5-9-19(17)24-23(22)15-6-2-1-3-7-15/h1-12,18,24H,13-14H2/t18-/m0/s1. The fourth-order valence-corrected chi connectivity index (χ4v) is 4.00. The van der Waals surface area contributed by atoms with Crippen LogP contribution in [-0.4, -0.2) is 23.2 Å². The van der Waals surface area contributed by atoms with E-state index in [1.165, 1.54) is 0 Å². The van der Waals surface area contributed by atoms with Gasteiger partial charge in [-0.2, -0.15) is 0 Å². The quantitative estimate of drug-likeness (QED) is 0.388. The number of nitrogens with one attached hydrogen (secondary N) is 1. The minimum atomic E-state index is -0.439. The van der Waals surface area contributed by atoms with E-state index in [-0.39, 0.29) is 18.3 Å². The van der Waals surface area contributed by atoms with Gasteiger partial charge in [0.2, 0.25) is 13.3 Å². The van der Waals surface area contributed by atoms with Crippen molar-refractivity contribution in [2.24, 2.45) is 0 Å². The Morgan fingerprint density at radius 3 is 2.55 bits per heavy atom. The molecule has 0 fully saturated rings. The lowest BCUT2D eigenvalue weighted by Gasteiger charge is -2.16. The molecule has 4 aromatic rings. The molecule has 5 rings (SSSR count). The van der Waals surface area contributed by atoms with Gasteiger partial charge in [0, 0.05) is 15.8 Å². The number of H-pyrrole nitrogens is 1. The molecule has 1 atom stereocenters. The molecule has 0 spiro atoms. The van der Waals surface area contributed by atoms with Crippen molar-refractivity contribution in [3.8, 4) is 22.8 Å². The Balaban J connectivity index is 1.75. The number of rotatable bonds is 5. The molecule has 3 aromatic carbocycles. The molecule has 0 aliphatic carbocycles. The van der Waals surface area contributed by atoms with Crippen LogP contribution in [0.2, 0.25) is 0 Å². The first-order chi connectivity index (χ1) is 14.2. The lowest BCUT2D eigenvalue weighted by molar-refractivity contribution is -0.481. The van der Waals surface area contributed by atoms with Crippen molar-refractivity contribution in [3.63, 3.8) is 0 Å². The van der Waals surface area contributed by atoms with Gasteiger partial charge in [-0.25, -0.2) is 0 Å². The maximum absolute atomic E-state index is 11.6. The second kappa shape index (κ2) is 6.98. The van der Waals surface area contributed by atoms with Gasteiger partial charge >= 0.3 is 0 Å². The van der Waals surface area contributed by atoms with Crippen LogP contribution in [0.3, 0.4) is 0 Å². The number of nitrogens with zero attached hydrogens (tertiary/aromatic N) is 1. The molecule has 1 aliphatic rings. The van der Waals surface area contributed by atoms with E-state index < -0.39 is 5.92 Å². The first kappa shape index (κ1) is 17.3. The summed E-state index contributed by atoms with van der Waals surface area (Å²) in [5, 5.41) is 12.6. The van der Waals surface area contributed by atoms with Crippen LogP contribution in [0.4, 0.5) is 0 Å².